The lowest BCUT2D eigenvalue weighted by Gasteiger charge is -2.13. The van der Waals surface area contributed by atoms with Gasteiger partial charge in [0.1, 0.15) is 6.61 Å². The van der Waals surface area contributed by atoms with Crippen LogP contribution in [0.5, 0.6) is 17.2 Å². The van der Waals surface area contributed by atoms with Crippen molar-refractivity contribution in [3.63, 3.8) is 0 Å². The Hall–Kier alpha value is -2.72. The number of nitrogens with zero attached hydrogens (tertiary/aromatic N) is 1. The van der Waals surface area contributed by atoms with Gasteiger partial charge in [-0.05, 0) is 35.5 Å². The summed E-state index contributed by atoms with van der Waals surface area (Å²) in [4.78, 5) is 37.4. The Labute approximate surface area is 166 Å². The van der Waals surface area contributed by atoms with E-state index < -0.39 is 11.1 Å². The van der Waals surface area contributed by atoms with Crippen LogP contribution in [0.25, 0.3) is 6.08 Å². The molecule has 3 amide bonds. The summed E-state index contributed by atoms with van der Waals surface area (Å²) in [6, 6.07) is 3.36. The molecule has 0 saturated carbocycles. The lowest BCUT2D eigenvalue weighted by Crippen LogP contribution is -2.38. The van der Waals surface area contributed by atoms with Gasteiger partial charge in [-0.3, -0.25) is 19.3 Å². The highest BCUT2D eigenvalue weighted by molar-refractivity contribution is 8.18. The van der Waals surface area contributed by atoms with Crippen molar-refractivity contribution in [2.45, 2.75) is 0 Å². The molecule has 0 atom stereocenters. The maximum atomic E-state index is 12.5. The molecule has 1 aliphatic rings. The predicted molar refractivity (Wildman–Crippen MR) is 104 cm³/mol. The number of imide groups is 1. The molecule has 152 valence electrons. The number of hydrogen-bond acceptors (Lipinski definition) is 8. The summed E-state index contributed by atoms with van der Waals surface area (Å²) < 4.78 is 20.6. The zero-order valence-electron chi connectivity index (χ0n) is 16.1. The van der Waals surface area contributed by atoms with Gasteiger partial charge in [-0.15, -0.1) is 0 Å². The molecule has 2 rings (SSSR count). The number of amides is 3. The molecule has 0 radical (unpaired) electrons. The van der Waals surface area contributed by atoms with Gasteiger partial charge in [0.25, 0.3) is 11.1 Å². The Kier molecular flexibility index (Phi) is 7.70. The second kappa shape index (κ2) is 10.00. The molecule has 1 fully saturated rings. The highest BCUT2D eigenvalue weighted by Crippen LogP contribution is 2.40. The molecular weight excluding hydrogens is 388 g/mol. The normalized spacial score (nSPS) is 15.1. The van der Waals surface area contributed by atoms with Gasteiger partial charge in [0, 0.05) is 20.2 Å². The van der Waals surface area contributed by atoms with Gasteiger partial charge in [-0.2, -0.15) is 0 Å². The number of carbonyl (C=O) groups excluding carboxylic acids is 3. The van der Waals surface area contributed by atoms with Crippen LogP contribution in [0.2, 0.25) is 0 Å². The van der Waals surface area contributed by atoms with E-state index in [4.69, 9.17) is 18.9 Å². The lowest BCUT2D eigenvalue weighted by molar-refractivity contribution is -0.126. The van der Waals surface area contributed by atoms with Gasteiger partial charge < -0.3 is 24.3 Å². The SMILES string of the molecule is COCC(=O)NCCN1C(=O)S/C(=C/c2cc(OC)c(OC)c(OC)c2)C1=O. The third kappa shape index (κ3) is 4.96. The lowest BCUT2D eigenvalue weighted by atomic mass is 10.1. The molecule has 1 aliphatic heterocycles. The van der Waals surface area contributed by atoms with E-state index in [1.54, 1.807) is 18.2 Å². The summed E-state index contributed by atoms with van der Waals surface area (Å²) in [5.74, 6) is 0.565. The second-order valence-corrected chi connectivity index (χ2v) is 6.57. The van der Waals surface area contributed by atoms with E-state index in [0.717, 1.165) is 16.7 Å². The second-order valence-electron chi connectivity index (χ2n) is 5.57. The first kappa shape index (κ1) is 21.6. The molecule has 1 saturated heterocycles. The van der Waals surface area contributed by atoms with Crippen molar-refractivity contribution in [2.24, 2.45) is 0 Å². The molecule has 0 aliphatic carbocycles. The number of nitrogens with one attached hydrogen (secondary N) is 1. The minimum Gasteiger partial charge on any atom is -0.493 e. The van der Waals surface area contributed by atoms with Crippen molar-refractivity contribution >= 4 is 34.9 Å². The molecule has 1 aromatic carbocycles. The maximum absolute atomic E-state index is 12.5. The topological polar surface area (TPSA) is 103 Å². The van der Waals surface area contributed by atoms with Gasteiger partial charge in [0.05, 0.1) is 26.2 Å². The average Bonchev–Trinajstić information content (AvgIpc) is 2.94. The fourth-order valence-electron chi connectivity index (χ4n) is 2.52. The number of rotatable bonds is 9. The highest BCUT2D eigenvalue weighted by atomic mass is 32.2. The Bertz CT molecular complexity index is 769. The number of carbonyl (C=O) groups is 3. The van der Waals surface area contributed by atoms with E-state index in [9.17, 15) is 14.4 Å². The van der Waals surface area contributed by atoms with Crippen LogP contribution >= 0.6 is 11.8 Å². The first-order chi connectivity index (χ1) is 13.4. The zero-order chi connectivity index (χ0) is 20.7. The van der Waals surface area contributed by atoms with Crippen LogP contribution in [0.15, 0.2) is 17.0 Å². The van der Waals surface area contributed by atoms with Crippen LogP contribution in [0.4, 0.5) is 4.79 Å². The number of ether oxygens (including phenoxy) is 4. The van der Waals surface area contributed by atoms with Crippen LogP contribution in [-0.2, 0) is 14.3 Å². The average molecular weight is 410 g/mol. The smallest absolute Gasteiger partial charge is 0.293 e. The monoisotopic (exact) mass is 410 g/mol. The molecule has 10 heteroatoms. The van der Waals surface area contributed by atoms with Gasteiger partial charge in [-0.25, -0.2) is 0 Å². The first-order valence-electron chi connectivity index (χ1n) is 8.26. The summed E-state index contributed by atoms with van der Waals surface area (Å²) in [7, 11) is 5.89. The van der Waals surface area contributed by atoms with Crippen LogP contribution in [-0.4, -0.2) is 70.1 Å². The zero-order valence-corrected chi connectivity index (χ0v) is 16.9. The van der Waals surface area contributed by atoms with E-state index in [2.05, 4.69) is 5.32 Å². The van der Waals surface area contributed by atoms with E-state index in [0.29, 0.717) is 22.8 Å². The number of thioether (sulfide) groups is 1. The van der Waals surface area contributed by atoms with Crippen LogP contribution < -0.4 is 19.5 Å². The Morgan fingerprint density at radius 3 is 2.29 bits per heavy atom. The first-order valence-corrected chi connectivity index (χ1v) is 9.07. The molecule has 28 heavy (non-hydrogen) atoms. The van der Waals surface area contributed by atoms with Crippen molar-refractivity contribution in [1.29, 1.82) is 0 Å². The summed E-state index contributed by atoms with van der Waals surface area (Å²) in [5, 5.41) is 2.17. The van der Waals surface area contributed by atoms with Crippen molar-refractivity contribution in [3.05, 3.63) is 22.6 Å². The number of methoxy groups -OCH3 is 4. The van der Waals surface area contributed by atoms with Gasteiger partial charge in [0.2, 0.25) is 11.7 Å². The van der Waals surface area contributed by atoms with Crippen LogP contribution in [0.3, 0.4) is 0 Å². The summed E-state index contributed by atoms with van der Waals surface area (Å²) >= 11 is 0.831. The minimum absolute atomic E-state index is 0.0761. The molecular formula is C18H22N2O7S. The minimum atomic E-state index is -0.426. The van der Waals surface area contributed by atoms with Gasteiger partial charge in [0.15, 0.2) is 11.5 Å². The standard InChI is InChI=1S/C18H22N2O7S/c1-24-10-15(21)19-5-6-20-17(22)14(28-18(20)23)9-11-7-12(25-2)16(27-4)13(8-11)26-3/h7-9H,5-6,10H2,1-4H3,(H,19,21)/b14-9+. The Morgan fingerprint density at radius 2 is 1.75 bits per heavy atom. The number of benzene rings is 1. The molecule has 1 N–H and O–H groups in total. The fraction of sp³-hybridized carbons (Fsp3) is 0.389. The highest BCUT2D eigenvalue weighted by Gasteiger charge is 2.34. The molecule has 1 heterocycles. The number of hydrogen-bond donors (Lipinski definition) is 1. The summed E-state index contributed by atoms with van der Waals surface area (Å²) in [5.41, 5.74) is 0.619. The molecule has 1 aromatic rings. The quantitative estimate of drug-likeness (QED) is 0.611. The van der Waals surface area contributed by atoms with E-state index in [1.165, 1.54) is 28.4 Å². The molecule has 0 bridgehead atoms. The van der Waals surface area contributed by atoms with Crippen molar-refractivity contribution in [1.82, 2.24) is 10.2 Å². The third-order valence-electron chi connectivity index (χ3n) is 3.79. The third-order valence-corrected chi connectivity index (χ3v) is 4.70. The molecule has 0 aromatic heterocycles. The molecule has 0 unspecified atom stereocenters. The van der Waals surface area contributed by atoms with Gasteiger partial charge in [-0.1, -0.05) is 0 Å². The predicted octanol–water partition coefficient (Wildman–Crippen LogP) is 1.51. The van der Waals surface area contributed by atoms with Crippen molar-refractivity contribution < 1.29 is 33.3 Å². The van der Waals surface area contributed by atoms with E-state index in [-0.39, 0.29) is 30.5 Å². The maximum Gasteiger partial charge on any atom is 0.293 e. The summed E-state index contributed by atoms with van der Waals surface area (Å²) in [6.45, 7) is 0.146. The molecule has 0 spiro atoms. The van der Waals surface area contributed by atoms with Gasteiger partial charge >= 0.3 is 0 Å². The van der Waals surface area contributed by atoms with Crippen molar-refractivity contribution in [3.8, 4) is 17.2 Å². The van der Waals surface area contributed by atoms with Crippen LogP contribution in [0.1, 0.15) is 5.56 Å². The largest absolute Gasteiger partial charge is 0.493 e. The fourth-order valence-corrected chi connectivity index (χ4v) is 3.38. The van der Waals surface area contributed by atoms with Crippen molar-refractivity contribution in [2.75, 3.05) is 48.1 Å². The Balaban J connectivity index is 2.16. The van der Waals surface area contributed by atoms with Crippen LogP contribution in [0, 0.1) is 0 Å². The summed E-state index contributed by atoms with van der Waals surface area (Å²) in [6.07, 6.45) is 1.58. The van der Waals surface area contributed by atoms with E-state index >= 15 is 0 Å². The van der Waals surface area contributed by atoms with E-state index in [1.807, 2.05) is 0 Å². The Morgan fingerprint density at radius 1 is 1.11 bits per heavy atom. The molecule has 9 nitrogen and oxygen atoms in total.